The van der Waals surface area contributed by atoms with Gasteiger partial charge in [0.2, 0.25) is 0 Å². The number of benzene rings is 1. The number of hydrogen-bond donors (Lipinski definition) is 2. The van der Waals surface area contributed by atoms with Crippen molar-refractivity contribution in [1.82, 2.24) is 0 Å². The highest BCUT2D eigenvalue weighted by Gasteiger charge is 2.71. The summed E-state index contributed by atoms with van der Waals surface area (Å²) in [6.45, 7) is 19.2. The van der Waals surface area contributed by atoms with Gasteiger partial charge in [-0.2, -0.15) is 0 Å². The van der Waals surface area contributed by atoms with Gasteiger partial charge in [0.1, 0.15) is 0 Å². The zero-order valence-corrected chi connectivity index (χ0v) is 27.5. The largest absolute Gasteiger partial charge is 0.481 e. The van der Waals surface area contributed by atoms with Gasteiger partial charge in [0.05, 0.1) is 5.41 Å². The van der Waals surface area contributed by atoms with Crippen molar-refractivity contribution in [2.45, 2.75) is 112 Å². The summed E-state index contributed by atoms with van der Waals surface area (Å²) in [5.41, 5.74) is 4.93. The molecule has 1 aromatic rings. The van der Waals surface area contributed by atoms with E-state index in [4.69, 9.17) is 0 Å². The number of hydrogen-bond acceptors (Lipinski definition) is 2. The van der Waals surface area contributed by atoms with E-state index in [-0.39, 0.29) is 34.0 Å². The molecule has 0 saturated heterocycles. The van der Waals surface area contributed by atoms with Gasteiger partial charge in [0, 0.05) is 6.42 Å². The quantitative estimate of drug-likeness (QED) is 0.326. The summed E-state index contributed by atoms with van der Waals surface area (Å²) in [5, 5.41) is 19.9. The molecule has 0 aliphatic heterocycles. The van der Waals surface area contributed by atoms with E-state index in [1.165, 1.54) is 36.0 Å². The van der Waals surface area contributed by atoms with E-state index in [1.807, 2.05) is 0 Å². The zero-order valence-electron chi connectivity index (χ0n) is 27.5. The lowest BCUT2D eigenvalue weighted by Crippen LogP contribution is -2.65. The standard InChI is InChI=1S/C39H54O4/c1-24(2)27-15-20-39(34(42)43)22-21-37(6)29(33(27)39)12-13-31-36(5)18-16-28(35(3,4)30(36)17-19-38(31,37)7)26-10-8-9-25(23-26)11-14-32(40)41/h8-10,16,23,27,29-31,33H,1,11-15,17-22H2,2-7H3,(H,40,41)(H,42,43)/t27-,29+,30-,31+,33+,36-,37+,38+,39-/m0/s1. The van der Waals surface area contributed by atoms with Gasteiger partial charge in [-0.25, -0.2) is 0 Å². The Morgan fingerprint density at radius 3 is 2.33 bits per heavy atom. The van der Waals surface area contributed by atoms with Crippen LogP contribution in [0.5, 0.6) is 0 Å². The van der Waals surface area contributed by atoms with Gasteiger partial charge >= 0.3 is 11.9 Å². The SMILES string of the molecule is C=C(C)[C@@H]1CC[C@]2(C(=O)O)CC[C@]3(C)[C@H](CC[C@@H]4[C@@]5(C)CC=C(c6cccc(CCC(=O)O)c6)C(C)(C)[C@@H]5CC[C@]43C)[C@@H]12. The molecule has 2 N–H and O–H groups in total. The maximum absolute atomic E-state index is 13.0. The minimum absolute atomic E-state index is 0.0129. The van der Waals surface area contributed by atoms with Crippen LogP contribution in [0.2, 0.25) is 0 Å². The molecular weight excluding hydrogens is 532 g/mol. The molecule has 43 heavy (non-hydrogen) atoms. The summed E-state index contributed by atoms with van der Waals surface area (Å²) in [7, 11) is 0. The van der Waals surface area contributed by atoms with Crippen LogP contribution in [0.15, 0.2) is 42.5 Å². The maximum Gasteiger partial charge on any atom is 0.309 e. The molecule has 0 aromatic heterocycles. The van der Waals surface area contributed by atoms with Crippen molar-refractivity contribution < 1.29 is 19.8 Å². The zero-order chi connectivity index (χ0) is 31.2. The monoisotopic (exact) mass is 586 g/mol. The molecule has 6 rings (SSSR count). The van der Waals surface area contributed by atoms with Crippen LogP contribution < -0.4 is 0 Å². The number of aryl methyl sites for hydroxylation is 1. The molecule has 0 spiro atoms. The van der Waals surface area contributed by atoms with Gasteiger partial charge in [0.25, 0.3) is 0 Å². The molecular formula is C39H54O4. The van der Waals surface area contributed by atoms with Gasteiger partial charge in [-0.05, 0) is 139 Å². The van der Waals surface area contributed by atoms with Gasteiger partial charge in [-0.3, -0.25) is 9.59 Å². The first-order valence-electron chi connectivity index (χ1n) is 17.0. The van der Waals surface area contributed by atoms with Crippen LogP contribution >= 0.6 is 0 Å². The Morgan fingerprint density at radius 1 is 0.907 bits per heavy atom. The van der Waals surface area contributed by atoms with E-state index >= 15 is 0 Å². The average molecular weight is 587 g/mol. The van der Waals surface area contributed by atoms with Crippen LogP contribution in [0.1, 0.15) is 117 Å². The molecule has 4 nitrogen and oxygen atoms in total. The Morgan fingerprint density at radius 2 is 1.65 bits per heavy atom. The van der Waals surface area contributed by atoms with Crippen LogP contribution in [-0.2, 0) is 16.0 Å². The summed E-state index contributed by atoms with van der Waals surface area (Å²) in [6.07, 6.45) is 12.7. The molecule has 0 amide bonds. The number of aliphatic carboxylic acids is 2. The number of carboxylic acids is 2. The minimum Gasteiger partial charge on any atom is -0.481 e. The van der Waals surface area contributed by atoms with Crippen molar-refractivity contribution in [2.75, 3.05) is 0 Å². The molecule has 4 fully saturated rings. The van der Waals surface area contributed by atoms with Crippen LogP contribution in [0.3, 0.4) is 0 Å². The molecule has 5 aliphatic rings. The Balaban J connectivity index is 1.35. The number of fused-ring (bicyclic) bond motifs is 7. The first-order valence-corrected chi connectivity index (χ1v) is 17.0. The minimum atomic E-state index is -0.748. The number of carbonyl (C=O) groups is 2. The lowest BCUT2D eigenvalue weighted by molar-refractivity contribution is -0.227. The molecule has 0 bridgehead atoms. The van der Waals surface area contributed by atoms with Gasteiger partial charge in [0.15, 0.2) is 0 Å². The summed E-state index contributed by atoms with van der Waals surface area (Å²) in [5.74, 6) is 0.870. The number of carboxylic acid groups (broad SMARTS) is 2. The van der Waals surface area contributed by atoms with E-state index in [0.717, 1.165) is 44.1 Å². The molecule has 1 aromatic carbocycles. The number of rotatable bonds is 6. The summed E-state index contributed by atoms with van der Waals surface area (Å²) in [6, 6.07) is 8.60. The summed E-state index contributed by atoms with van der Waals surface area (Å²) < 4.78 is 0. The van der Waals surface area contributed by atoms with Crippen molar-refractivity contribution in [3.05, 3.63) is 53.6 Å². The van der Waals surface area contributed by atoms with Gasteiger partial charge < -0.3 is 10.2 Å². The van der Waals surface area contributed by atoms with Gasteiger partial charge in [-0.15, -0.1) is 0 Å². The smallest absolute Gasteiger partial charge is 0.309 e. The second-order valence-corrected chi connectivity index (χ2v) is 16.8. The van der Waals surface area contributed by atoms with Crippen molar-refractivity contribution in [3.63, 3.8) is 0 Å². The molecule has 234 valence electrons. The Bertz CT molecular complexity index is 1370. The highest BCUT2D eigenvalue weighted by Crippen LogP contribution is 2.77. The highest BCUT2D eigenvalue weighted by molar-refractivity contribution is 5.76. The second-order valence-electron chi connectivity index (χ2n) is 16.8. The maximum atomic E-state index is 13.0. The van der Waals surface area contributed by atoms with Crippen molar-refractivity contribution >= 4 is 17.5 Å². The fourth-order valence-electron chi connectivity index (χ4n) is 12.8. The molecule has 5 aliphatic carbocycles. The molecule has 0 unspecified atom stereocenters. The predicted molar refractivity (Wildman–Crippen MR) is 172 cm³/mol. The Hall–Kier alpha value is -2.36. The third-order valence-corrected chi connectivity index (χ3v) is 14.9. The molecule has 0 radical (unpaired) electrons. The lowest BCUT2D eigenvalue weighted by atomic mass is 9.32. The van der Waals surface area contributed by atoms with Crippen LogP contribution in [0, 0.1) is 56.7 Å². The predicted octanol–water partition coefficient (Wildman–Crippen LogP) is 9.44. The third kappa shape index (κ3) is 4.20. The summed E-state index contributed by atoms with van der Waals surface area (Å²) >= 11 is 0. The van der Waals surface area contributed by atoms with Crippen LogP contribution in [0.4, 0.5) is 0 Å². The van der Waals surface area contributed by atoms with Crippen LogP contribution in [0.25, 0.3) is 5.57 Å². The van der Waals surface area contributed by atoms with Crippen LogP contribution in [-0.4, -0.2) is 22.2 Å². The number of allylic oxidation sites excluding steroid dienone is 3. The Labute approximate surface area is 259 Å². The third-order valence-electron chi connectivity index (χ3n) is 14.9. The van der Waals surface area contributed by atoms with E-state index in [1.54, 1.807) is 0 Å². The molecule has 0 heterocycles. The molecule has 4 heteroatoms. The normalized spacial score (nSPS) is 42.9. The lowest BCUT2D eigenvalue weighted by Gasteiger charge is -2.72. The molecule has 9 atom stereocenters. The van der Waals surface area contributed by atoms with E-state index in [2.05, 4.69) is 78.5 Å². The average Bonchev–Trinajstić information content (AvgIpc) is 3.34. The van der Waals surface area contributed by atoms with E-state index in [0.29, 0.717) is 30.1 Å². The molecule has 4 saturated carbocycles. The van der Waals surface area contributed by atoms with E-state index in [9.17, 15) is 19.8 Å². The van der Waals surface area contributed by atoms with Gasteiger partial charge in [-0.1, -0.05) is 77.1 Å². The van der Waals surface area contributed by atoms with Crippen molar-refractivity contribution in [2.24, 2.45) is 56.7 Å². The Kier molecular flexibility index (Phi) is 7.18. The topological polar surface area (TPSA) is 74.6 Å². The first kappa shape index (κ1) is 30.7. The van der Waals surface area contributed by atoms with E-state index < -0.39 is 17.4 Å². The fourth-order valence-corrected chi connectivity index (χ4v) is 12.8. The van der Waals surface area contributed by atoms with Crippen molar-refractivity contribution in [3.8, 4) is 0 Å². The first-order chi connectivity index (χ1) is 20.1. The summed E-state index contributed by atoms with van der Waals surface area (Å²) in [4.78, 5) is 24.2. The highest BCUT2D eigenvalue weighted by atomic mass is 16.4. The fraction of sp³-hybridized carbons (Fsp3) is 0.692. The van der Waals surface area contributed by atoms with Crippen molar-refractivity contribution in [1.29, 1.82) is 0 Å². The second kappa shape index (κ2) is 10.1.